The quantitative estimate of drug-likeness (QED) is 0.570. The maximum absolute atomic E-state index is 12.4. The van der Waals surface area contributed by atoms with E-state index in [4.69, 9.17) is 4.42 Å². The van der Waals surface area contributed by atoms with E-state index in [1.54, 1.807) is 36.4 Å². The number of hydrogen-bond acceptors (Lipinski definition) is 4. The number of benzene rings is 1. The molecule has 132 valence electrons. The number of carbonyl (C=O) groups excluding carboxylic acids is 2. The molecule has 2 rings (SSSR count). The largest absolute Gasteiger partial charge is 0.465 e. The monoisotopic (exact) mass is 341 g/mol. The van der Waals surface area contributed by atoms with Gasteiger partial charge in [-0.15, -0.1) is 0 Å². The van der Waals surface area contributed by atoms with Crippen molar-refractivity contribution in [2.45, 2.75) is 6.42 Å². The first-order chi connectivity index (χ1) is 12.1. The Kier molecular flexibility index (Phi) is 6.98. The van der Waals surface area contributed by atoms with E-state index in [-0.39, 0.29) is 17.5 Å². The number of nitrogens with zero attached hydrogens (tertiary/aromatic N) is 1. The molecule has 0 saturated heterocycles. The molecular formula is C19H23N3O3. The molecule has 1 aromatic carbocycles. The average molecular weight is 341 g/mol. The van der Waals surface area contributed by atoms with E-state index in [2.05, 4.69) is 10.6 Å². The first kappa shape index (κ1) is 18.5. The molecule has 0 fully saturated rings. The number of carbonyl (C=O) groups is 2. The fourth-order valence-electron chi connectivity index (χ4n) is 2.15. The Morgan fingerprint density at radius 3 is 2.52 bits per heavy atom. The topological polar surface area (TPSA) is 74.6 Å². The summed E-state index contributed by atoms with van der Waals surface area (Å²) in [5, 5.41) is 5.48. The molecule has 2 amide bonds. The Morgan fingerprint density at radius 1 is 1.12 bits per heavy atom. The molecule has 1 heterocycles. The Hall–Kier alpha value is -2.86. The highest BCUT2D eigenvalue weighted by atomic mass is 16.3. The number of nitrogens with one attached hydrogen (secondary N) is 2. The molecule has 0 saturated carbocycles. The fourth-order valence-corrected chi connectivity index (χ4v) is 2.15. The third-order valence-electron chi connectivity index (χ3n) is 3.43. The standard InChI is InChI=1S/C19H23N3O3/c1-22(2)12-7-11-20-19(24)17(14-16-10-6-13-25-16)21-18(23)15-8-4-3-5-9-15/h3-6,8-10,13-14H,7,11-12H2,1-2H3,(H,20,24)(H,21,23)/b17-14-. The van der Waals surface area contributed by atoms with Gasteiger partial charge in [0.05, 0.1) is 6.26 Å². The Bertz CT molecular complexity index is 707. The zero-order valence-corrected chi connectivity index (χ0v) is 14.5. The second-order valence-corrected chi connectivity index (χ2v) is 5.81. The van der Waals surface area contributed by atoms with Crippen LogP contribution in [0.4, 0.5) is 0 Å². The minimum atomic E-state index is -0.348. The van der Waals surface area contributed by atoms with Crippen LogP contribution >= 0.6 is 0 Å². The Labute approximate surface area is 147 Å². The van der Waals surface area contributed by atoms with Crippen molar-refractivity contribution in [3.63, 3.8) is 0 Å². The summed E-state index contributed by atoms with van der Waals surface area (Å²) in [5.41, 5.74) is 0.627. The van der Waals surface area contributed by atoms with Crippen LogP contribution in [-0.2, 0) is 4.79 Å². The van der Waals surface area contributed by atoms with Crippen molar-refractivity contribution in [1.29, 1.82) is 0 Å². The van der Waals surface area contributed by atoms with Crippen molar-refractivity contribution in [3.8, 4) is 0 Å². The highest BCUT2D eigenvalue weighted by Crippen LogP contribution is 2.08. The van der Waals surface area contributed by atoms with Gasteiger partial charge >= 0.3 is 0 Å². The summed E-state index contributed by atoms with van der Waals surface area (Å²) in [6, 6.07) is 12.2. The molecule has 2 N–H and O–H groups in total. The van der Waals surface area contributed by atoms with Crippen molar-refractivity contribution in [2.75, 3.05) is 27.2 Å². The summed E-state index contributed by atoms with van der Waals surface area (Å²) >= 11 is 0. The summed E-state index contributed by atoms with van der Waals surface area (Å²) in [5.74, 6) is -0.201. The molecular weight excluding hydrogens is 318 g/mol. The van der Waals surface area contributed by atoms with Crippen molar-refractivity contribution >= 4 is 17.9 Å². The van der Waals surface area contributed by atoms with Crippen molar-refractivity contribution < 1.29 is 14.0 Å². The predicted molar refractivity (Wildman–Crippen MR) is 96.8 cm³/mol. The van der Waals surface area contributed by atoms with Crippen LogP contribution in [0.15, 0.2) is 58.8 Å². The SMILES string of the molecule is CN(C)CCCNC(=O)/C(=C/c1ccco1)NC(=O)c1ccccc1. The maximum atomic E-state index is 12.4. The molecule has 2 aromatic rings. The van der Waals surface area contributed by atoms with Gasteiger partial charge in [-0.25, -0.2) is 0 Å². The first-order valence-corrected chi connectivity index (χ1v) is 8.11. The van der Waals surface area contributed by atoms with E-state index in [0.717, 1.165) is 13.0 Å². The third kappa shape index (κ3) is 6.27. The van der Waals surface area contributed by atoms with E-state index in [1.807, 2.05) is 25.1 Å². The predicted octanol–water partition coefficient (Wildman–Crippen LogP) is 2.12. The number of furan rings is 1. The van der Waals surface area contributed by atoms with Gasteiger partial charge in [0.1, 0.15) is 11.5 Å². The van der Waals surface area contributed by atoms with Gasteiger partial charge in [0.25, 0.3) is 11.8 Å². The molecule has 0 aliphatic carbocycles. The number of hydrogen-bond donors (Lipinski definition) is 2. The van der Waals surface area contributed by atoms with Gasteiger partial charge in [-0.05, 0) is 51.3 Å². The summed E-state index contributed by atoms with van der Waals surface area (Å²) in [4.78, 5) is 26.8. The second kappa shape index (κ2) is 9.44. The Balaban J connectivity index is 2.05. The lowest BCUT2D eigenvalue weighted by atomic mass is 10.2. The molecule has 0 aliphatic rings. The zero-order chi connectivity index (χ0) is 18.1. The van der Waals surface area contributed by atoms with Crippen molar-refractivity contribution in [2.24, 2.45) is 0 Å². The van der Waals surface area contributed by atoms with Gasteiger partial charge in [-0.1, -0.05) is 18.2 Å². The van der Waals surface area contributed by atoms with Crippen molar-refractivity contribution in [3.05, 3.63) is 65.7 Å². The summed E-state index contributed by atoms with van der Waals surface area (Å²) < 4.78 is 5.24. The van der Waals surface area contributed by atoms with Crippen LogP contribution in [0.5, 0.6) is 0 Å². The maximum Gasteiger partial charge on any atom is 0.267 e. The van der Waals surface area contributed by atoms with E-state index < -0.39 is 0 Å². The molecule has 0 bridgehead atoms. The molecule has 0 radical (unpaired) electrons. The van der Waals surface area contributed by atoms with Crippen LogP contribution in [0, 0.1) is 0 Å². The van der Waals surface area contributed by atoms with Gasteiger partial charge < -0.3 is 20.0 Å². The number of rotatable bonds is 8. The highest BCUT2D eigenvalue weighted by Gasteiger charge is 2.14. The normalized spacial score (nSPS) is 11.4. The van der Waals surface area contributed by atoms with Crippen molar-refractivity contribution in [1.82, 2.24) is 15.5 Å². The highest BCUT2D eigenvalue weighted by molar-refractivity contribution is 6.05. The average Bonchev–Trinajstić information content (AvgIpc) is 3.11. The molecule has 1 aromatic heterocycles. The molecule has 0 unspecified atom stereocenters. The van der Waals surface area contributed by atoms with Crippen LogP contribution in [0.25, 0.3) is 6.08 Å². The van der Waals surface area contributed by atoms with Gasteiger partial charge in [-0.3, -0.25) is 9.59 Å². The molecule has 0 aliphatic heterocycles. The molecule has 6 heteroatoms. The zero-order valence-electron chi connectivity index (χ0n) is 14.5. The second-order valence-electron chi connectivity index (χ2n) is 5.81. The third-order valence-corrected chi connectivity index (χ3v) is 3.43. The van der Waals surface area contributed by atoms with Crippen LogP contribution in [-0.4, -0.2) is 43.9 Å². The van der Waals surface area contributed by atoms with E-state index in [1.165, 1.54) is 12.3 Å². The fraction of sp³-hybridized carbons (Fsp3) is 0.263. The number of amides is 2. The minimum absolute atomic E-state index is 0.147. The van der Waals surface area contributed by atoms with Crippen LogP contribution in [0.1, 0.15) is 22.5 Å². The summed E-state index contributed by atoms with van der Waals surface area (Å²) in [6.45, 7) is 1.39. The van der Waals surface area contributed by atoms with E-state index in [0.29, 0.717) is 17.9 Å². The lowest BCUT2D eigenvalue weighted by Gasteiger charge is -2.12. The minimum Gasteiger partial charge on any atom is -0.465 e. The lowest BCUT2D eigenvalue weighted by Crippen LogP contribution is -2.36. The molecule has 0 spiro atoms. The smallest absolute Gasteiger partial charge is 0.267 e. The van der Waals surface area contributed by atoms with Crippen LogP contribution in [0.2, 0.25) is 0 Å². The molecule has 0 atom stereocenters. The summed E-state index contributed by atoms with van der Waals surface area (Å²) in [6.07, 6.45) is 3.85. The van der Waals surface area contributed by atoms with Gasteiger partial charge in [0.15, 0.2) is 0 Å². The van der Waals surface area contributed by atoms with Gasteiger partial charge in [0, 0.05) is 18.2 Å². The van der Waals surface area contributed by atoms with Crippen LogP contribution in [0.3, 0.4) is 0 Å². The Morgan fingerprint density at radius 2 is 1.88 bits per heavy atom. The van der Waals surface area contributed by atoms with Gasteiger partial charge in [0.2, 0.25) is 0 Å². The van der Waals surface area contributed by atoms with Crippen LogP contribution < -0.4 is 10.6 Å². The summed E-state index contributed by atoms with van der Waals surface area (Å²) in [7, 11) is 3.95. The van der Waals surface area contributed by atoms with E-state index >= 15 is 0 Å². The molecule has 25 heavy (non-hydrogen) atoms. The first-order valence-electron chi connectivity index (χ1n) is 8.11. The lowest BCUT2D eigenvalue weighted by molar-refractivity contribution is -0.117. The molecule has 6 nitrogen and oxygen atoms in total. The van der Waals surface area contributed by atoms with E-state index in [9.17, 15) is 9.59 Å². The van der Waals surface area contributed by atoms with Gasteiger partial charge in [-0.2, -0.15) is 0 Å².